The third-order valence-corrected chi connectivity index (χ3v) is 4.48. The van der Waals surface area contributed by atoms with Crippen LogP contribution in [-0.4, -0.2) is 24.6 Å². The van der Waals surface area contributed by atoms with Crippen LogP contribution in [0.15, 0.2) is 4.47 Å². The van der Waals surface area contributed by atoms with Gasteiger partial charge in [-0.1, -0.05) is 12.2 Å². The Morgan fingerprint density at radius 1 is 1.56 bits per heavy atom. The van der Waals surface area contributed by atoms with Crippen LogP contribution in [0.2, 0.25) is 0 Å². The van der Waals surface area contributed by atoms with Crippen molar-refractivity contribution in [3.63, 3.8) is 0 Å². The zero-order valence-electron chi connectivity index (χ0n) is 8.66. The van der Waals surface area contributed by atoms with Crippen molar-refractivity contribution in [3.05, 3.63) is 20.6 Å². The van der Waals surface area contributed by atoms with E-state index < -0.39 is 9.84 Å². The summed E-state index contributed by atoms with van der Waals surface area (Å²) in [5.41, 5.74) is 0.985. The molecular formula is C9H11BrN2O2S2. The molecule has 1 aliphatic carbocycles. The quantitative estimate of drug-likeness (QED) is 0.867. The highest BCUT2D eigenvalue weighted by molar-refractivity contribution is 9.10. The normalized spacial score (nSPS) is 16.4. The summed E-state index contributed by atoms with van der Waals surface area (Å²) in [5.74, 6) is 0.805. The average molecular weight is 323 g/mol. The van der Waals surface area contributed by atoms with Gasteiger partial charge in [0.2, 0.25) is 0 Å². The first-order valence-corrected chi connectivity index (χ1v) is 8.09. The van der Waals surface area contributed by atoms with Gasteiger partial charge in [-0.25, -0.2) is 13.4 Å². The standard InChI is InChI=1S/C9H11BrN2O2S2/c1-16(13,14)4-6-11-8(5-2-3-5)7(10)9(15)12-6/h5H,2-4H2,1H3,(H,11,12,15). The Balaban J connectivity index is 2.44. The molecule has 88 valence electrons. The molecule has 1 saturated carbocycles. The van der Waals surface area contributed by atoms with Crippen molar-refractivity contribution in [2.45, 2.75) is 24.5 Å². The van der Waals surface area contributed by atoms with Crippen LogP contribution >= 0.6 is 28.1 Å². The SMILES string of the molecule is CS(=O)(=O)Cc1nc(=S)c(Br)c(C2CC2)[nH]1. The molecule has 1 heterocycles. The number of H-pyrrole nitrogens is 1. The summed E-state index contributed by atoms with van der Waals surface area (Å²) >= 11 is 8.48. The maximum atomic E-state index is 11.2. The summed E-state index contributed by atoms with van der Waals surface area (Å²) in [6, 6.07) is 0. The fourth-order valence-electron chi connectivity index (χ4n) is 1.50. The largest absolute Gasteiger partial charge is 0.345 e. The molecule has 2 rings (SSSR count). The lowest BCUT2D eigenvalue weighted by Crippen LogP contribution is -2.07. The van der Waals surface area contributed by atoms with Gasteiger partial charge in [0.25, 0.3) is 0 Å². The smallest absolute Gasteiger partial charge is 0.154 e. The van der Waals surface area contributed by atoms with E-state index in [2.05, 4.69) is 25.9 Å². The summed E-state index contributed by atoms with van der Waals surface area (Å²) in [6.45, 7) is 0. The van der Waals surface area contributed by atoms with E-state index in [1.807, 2.05) is 0 Å². The summed E-state index contributed by atoms with van der Waals surface area (Å²) in [4.78, 5) is 7.13. The van der Waals surface area contributed by atoms with Crippen molar-refractivity contribution in [2.24, 2.45) is 0 Å². The first-order chi connectivity index (χ1) is 7.37. The Hall–Kier alpha value is -0.270. The average Bonchev–Trinajstić information content (AvgIpc) is 2.91. The molecule has 0 saturated heterocycles. The number of hydrogen-bond donors (Lipinski definition) is 1. The third-order valence-electron chi connectivity index (χ3n) is 2.32. The van der Waals surface area contributed by atoms with Crippen LogP contribution in [0.25, 0.3) is 0 Å². The molecule has 0 radical (unpaired) electrons. The summed E-state index contributed by atoms with van der Waals surface area (Å²) in [6.07, 6.45) is 3.42. The fraction of sp³-hybridized carbons (Fsp3) is 0.556. The molecule has 0 amide bonds. The molecule has 1 aromatic heterocycles. The van der Waals surface area contributed by atoms with Crippen LogP contribution in [-0.2, 0) is 15.6 Å². The van der Waals surface area contributed by atoms with Gasteiger partial charge in [0.1, 0.15) is 16.2 Å². The monoisotopic (exact) mass is 322 g/mol. The number of rotatable bonds is 3. The number of nitrogens with one attached hydrogen (secondary N) is 1. The zero-order chi connectivity index (χ0) is 11.9. The number of halogens is 1. The van der Waals surface area contributed by atoms with Gasteiger partial charge in [-0.3, -0.25) is 0 Å². The lowest BCUT2D eigenvalue weighted by Gasteiger charge is -2.06. The zero-order valence-corrected chi connectivity index (χ0v) is 11.9. The minimum atomic E-state index is -3.08. The number of nitrogens with zero attached hydrogens (tertiary/aromatic N) is 1. The molecule has 0 aliphatic heterocycles. The van der Waals surface area contributed by atoms with Crippen molar-refractivity contribution in [1.82, 2.24) is 9.97 Å². The highest BCUT2D eigenvalue weighted by Crippen LogP contribution is 2.42. The summed E-state index contributed by atoms with van der Waals surface area (Å²) < 4.78 is 23.6. The van der Waals surface area contributed by atoms with Gasteiger partial charge in [0, 0.05) is 17.9 Å². The van der Waals surface area contributed by atoms with Gasteiger partial charge >= 0.3 is 0 Å². The highest BCUT2D eigenvalue weighted by Gasteiger charge is 2.27. The van der Waals surface area contributed by atoms with Crippen LogP contribution < -0.4 is 0 Å². The van der Waals surface area contributed by atoms with Crippen LogP contribution in [0.4, 0.5) is 0 Å². The van der Waals surface area contributed by atoms with E-state index in [1.54, 1.807) is 0 Å². The molecule has 0 unspecified atom stereocenters. The van der Waals surface area contributed by atoms with Crippen LogP contribution in [0.1, 0.15) is 30.3 Å². The second kappa shape index (κ2) is 4.19. The lowest BCUT2D eigenvalue weighted by molar-refractivity contribution is 0.599. The van der Waals surface area contributed by atoms with Gasteiger partial charge < -0.3 is 4.98 Å². The molecule has 0 aromatic carbocycles. The summed E-state index contributed by atoms with van der Waals surface area (Å²) in [7, 11) is -3.08. The van der Waals surface area contributed by atoms with E-state index in [9.17, 15) is 8.42 Å². The van der Waals surface area contributed by atoms with Gasteiger partial charge in [0.15, 0.2) is 9.84 Å². The minimum absolute atomic E-state index is 0.0936. The van der Waals surface area contributed by atoms with E-state index in [-0.39, 0.29) is 5.75 Å². The molecule has 0 bridgehead atoms. The molecule has 1 aromatic rings. The Morgan fingerprint density at radius 3 is 2.69 bits per heavy atom. The Labute approximate surface area is 108 Å². The Morgan fingerprint density at radius 2 is 2.19 bits per heavy atom. The Bertz CT molecular complexity index is 576. The third kappa shape index (κ3) is 2.89. The van der Waals surface area contributed by atoms with E-state index in [0.717, 1.165) is 23.0 Å². The van der Waals surface area contributed by atoms with Gasteiger partial charge in [0.05, 0.1) is 4.47 Å². The van der Waals surface area contributed by atoms with E-state index >= 15 is 0 Å². The maximum Gasteiger partial charge on any atom is 0.154 e. The molecule has 1 aliphatic rings. The summed E-state index contributed by atoms with van der Waals surface area (Å²) in [5, 5.41) is 0. The van der Waals surface area contributed by atoms with Crippen LogP contribution in [0, 0.1) is 4.64 Å². The molecule has 1 fully saturated rings. The van der Waals surface area contributed by atoms with Crippen molar-refractivity contribution in [2.75, 3.05) is 6.26 Å². The highest BCUT2D eigenvalue weighted by atomic mass is 79.9. The number of aromatic nitrogens is 2. The Kier molecular flexibility index (Phi) is 3.20. The molecule has 1 N–H and O–H groups in total. The second-order valence-corrected chi connectivity index (χ2v) is 7.38. The van der Waals surface area contributed by atoms with Crippen molar-refractivity contribution < 1.29 is 8.42 Å². The first-order valence-electron chi connectivity index (χ1n) is 4.83. The first kappa shape index (κ1) is 12.2. The molecule has 0 spiro atoms. The van der Waals surface area contributed by atoms with E-state index in [0.29, 0.717) is 16.4 Å². The predicted molar refractivity (Wildman–Crippen MR) is 67.6 cm³/mol. The number of hydrogen-bond acceptors (Lipinski definition) is 4. The minimum Gasteiger partial charge on any atom is -0.345 e. The topological polar surface area (TPSA) is 62.8 Å². The van der Waals surface area contributed by atoms with Gasteiger partial charge in [-0.15, -0.1) is 0 Å². The predicted octanol–water partition coefficient (Wildman–Crippen LogP) is 2.32. The molecule has 0 atom stereocenters. The van der Waals surface area contributed by atoms with E-state index in [4.69, 9.17) is 12.2 Å². The van der Waals surface area contributed by atoms with Crippen molar-refractivity contribution in [1.29, 1.82) is 0 Å². The van der Waals surface area contributed by atoms with Crippen molar-refractivity contribution in [3.8, 4) is 0 Å². The van der Waals surface area contributed by atoms with Crippen molar-refractivity contribution >= 4 is 38.0 Å². The van der Waals surface area contributed by atoms with Gasteiger partial charge in [-0.05, 0) is 28.8 Å². The lowest BCUT2D eigenvalue weighted by atomic mass is 10.3. The number of aromatic amines is 1. The molecule has 7 heteroatoms. The molecular weight excluding hydrogens is 312 g/mol. The maximum absolute atomic E-state index is 11.2. The van der Waals surface area contributed by atoms with Crippen LogP contribution in [0.3, 0.4) is 0 Å². The molecule has 4 nitrogen and oxygen atoms in total. The fourth-order valence-corrected chi connectivity index (χ4v) is 2.86. The van der Waals surface area contributed by atoms with Gasteiger partial charge in [-0.2, -0.15) is 0 Å². The molecule has 16 heavy (non-hydrogen) atoms. The number of sulfone groups is 1. The van der Waals surface area contributed by atoms with E-state index in [1.165, 1.54) is 6.26 Å². The second-order valence-electron chi connectivity index (χ2n) is 4.06. The van der Waals surface area contributed by atoms with Crippen LogP contribution in [0.5, 0.6) is 0 Å².